The second kappa shape index (κ2) is 9.65. The molecule has 3 aromatic heterocycles. The van der Waals surface area contributed by atoms with Crippen LogP contribution in [-0.4, -0.2) is 55.1 Å². The van der Waals surface area contributed by atoms with Gasteiger partial charge in [0.25, 0.3) is 0 Å². The molecule has 180 valence electrons. The summed E-state index contributed by atoms with van der Waals surface area (Å²) in [6.07, 6.45) is 3.97. The number of rotatable bonds is 7. The van der Waals surface area contributed by atoms with Gasteiger partial charge in [0.05, 0.1) is 35.1 Å². The van der Waals surface area contributed by atoms with Gasteiger partial charge in [-0.2, -0.15) is 5.10 Å². The molecule has 11 heteroatoms. The van der Waals surface area contributed by atoms with Crippen LogP contribution in [0.25, 0.3) is 16.6 Å². The second-order valence-corrected chi connectivity index (χ2v) is 8.35. The number of nitrogens with zero attached hydrogens (tertiary/aromatic N) is 4. The zero-order valence-corrected chi connectivity index (χ0v) is 18.6. The van der Waals surface area contributed by atoms with Crippen LogP contribution in [0.15, 0.2) is 54.9 Å². The minimum absolute atomic E-state index is 0.188. The molecular formula is C24H24FN7O3. The van der Waals surface area contributed by atoms with Crippen LogP contribution in [0.2, 0.25) is 0 Å². The lowest BCUT2D eigenvalue weighted by atomic mass is 9.93. The van der Waals surface area contributed by atoms with Crippen LogP contribution in [0.5, 0.6) is 0 Å². The number of aromatic nitrogens is 4. The van der Waals surface area contributed by atoms with Crippen molar-refractivity contribution < 1.29 is 19.4 Å². The minimum Gasteiger partial charge on any atom is -0.481 e. The number of carboxylic acid groups (broad SMARTS) is 1. The van der Waals surface area contributed by atoms with Gasteiger partial charge in [-0.3, -0.25) is 4.79 Å². The van der Waals surface area contributed by atoms with Crippen molar-refractivity contribution in [3.63, 3.8) is 0 Å². The van der Waals surface area contributed by atoms with Crippen molar-refractivity contribution in [3.05, 3.63) is 66.4 Å². The number of anilines is 3. The van der Waals surface area contributed by atoms with Gasteiger partial charge >= 0.3 is 5.97 Å². The van der Waals surface area contributed by atoms with Gasteiger partial charge in [-0.1, -0.05) is 0 Å². The zero-order chi connectivity index (χ0) is 24.4. The summed E-state index contributed by atoms with van der Waals surface area (Å²) in [5, 5.41) is 33.0. The first kappa shape index (κ1) is 22.7. The van der Waals surface area contributed by atoms with Gasteiger partial charge in [0.2, 0.25) is 0 Å². The predicted molar refractivity (Wildman–Crippen MR) is 128 cm³/mol. The van der Waals surface area contributed by atoms with Crippen LogP contribution in [0.1, 0.15) is 12.1 Å². The Kier molecular flexibility index (Phi) is 6.25. The van der Waals surface area contributed by atoms with Crippen LogP contribution in [0, 0.1) is 11.7 Å². The number of fused-ring (bicyclic) bond motifs is 1. The summed E-state index contributed by atoms with van der Waals surface area (Å²) in [6.45, 7) is 0.957. The van der Waals surface area contributed by atoms with Gasteiger partial charge < -0.3 is 26.2 Å². The molecule has 0 spiro atoms. The Hall–Kier alpha value is -4.09. The molecule has 1 aliphatic rings. The topological polar surface area (TPSA) is 137 Å². The van der Waals surface area contributed by atoms with Gasteiger partial charge in [0, 0.05) is 42.5 Å². The van der Waals surface area contributed by atoms with E-state index in [-0.39, 0.29) is 18.3 Å². The maximum Gasteiger partial charge on any atom is 0.309 e. The van der Waals surface area contributed by atoms with Crippen molar-refractivity contribution >= 4 is 34.2 Å². The summed E-state index contributed by atoms with van der Waals surface area (Å²) in [5.74, 6) is -0.885. The number of piperidine rings is 1. The first-order chi connectivity index (χ1) is 17.0. The van der Waals surface area contributed by atoms with Crippen molar-refractivity contribution in [3.8, 4) is 5.69 Å². The molecule has 5 N–H and O–H groups in total. The van der Waals surface area contributed by atoms with E-state index in [1.54, 1.807) is 42.7 Å². The lowest BCUT2D eigenvalue weighted by molar-refractivity contribution is -0.142. The summed E-state index contributed by atoms with van der Waals surface area (Å²) in [5.41, 5.74) is 1.89. The SMILES string of the molecule is O=C(O)C1CNCCC1Nc1ccc2cnc(Nc3ccc(-n4ccc(CO)n4)cc3F)cc2n1. The van der Waals surface area contributed by atoms with Crippen molar-refractivity contribution in [1.29, 1.82) is 0 Å². The third-order valence-electron chi connectivity index (χ3n) is 5.99. The lowest BCUT2D eigenvalue weighted by Gasteiger charge is -2.30. The van der Waals surface area contributed by atoms with Gasteiger partial charge in [0.15, 0.2) is 0 Å². The Morgan fingerprint density at radius 3 is 2.86 bits per heavy atom. The van der Waals surface area contributed by atoms with Crippen molar-refractivity contribution in [2.75, 3.05) is 23.7 Å². The highest BCUT2D eigenvalue weighted by atomic mass is 19.1. The zero-order valence-electron chi connectivity index (χ0n) is 18.6. The molecule has 2 unspecified atom stereocenters. The van der Waals surface area contributed by atoms with Crippen LogP contribution in [-0.2, 0) is 11.4 Å². The first-order valence-corrected chi connectivity index (χ1v) is 11.2. The summed E-state index contributed by atoms with van der Waals surface area (Å²) in [7, 11) is 0. The molecular weight excluding hydrogens is 453 g/mol. The lowest BCUT2D eigenvalue weighted by Crippen LogP contribution is -2.47. The molecule has 1 aromatic carbocycles. The van der Waals surface area contributed by atoms with E-state index in [4.69, 9.17) is 5.11 Å². The number of hydrogen-bond acceptors (Lipinski definition) is 8. The van der Waals surface area contributed by atoms with Crippen LogP contribution >= 0.6 is 0 Å². The van der Waals surface area contributed by atoms with Gasteiger partial charge in [0.1, 0.15) is 17.5 Å². The number of hydrogen-bond donors (Lipinski definition) is 5. The summed E-state index contributed by atoms with van der Waals surface area (Å²) in [6, 6.07) is 11.4. The van der Waals surface area contributed by atoms with Crippen molar-refractivity contribution in [2.45, 2.75) is 19.1 Å². The molecule has 0 aliphatic carbocycles. The largest absolute Gasteiger partial charge is 0.481 e. The molecule has 0 saturated carbocycles. The Morgan fingerprint density at radius 2 is 2.09 bits per heavy atom. The third kappa shape index (κ3) is 4.91. The highest BCUT2D eigenvalue weighted by Gasteiger charge is 2.30. The predicted octanol–water partition coefficient (Wildman–Crippen LogP) is 2.67. The number of aliphatic carboxylic acids is 1. The fraction of sp³-hybridized carbons (Fsp3) is 0.250. The van der Waals surface area contributed by atoms with E-state index in [9.17, 15) is 14.3 Å². The number of carboxylic acids is 1. The molecule has 0 amide bonds. The molecule has 0 bridgehead atoms. The summed E-state index contributed by atoms with van der Waals surface area (Å²) in [4.78, 5) is 20.5. The average molecular weight is 478 g/mol. The highest BCUT2D eigenvalue weighted by Crippen LogP contribution is 2.25. The van der Waals surface area contributed by atoms with Crippen molar-refractivity contribution in [1.82, 2.24) is 25.1 Å². The van der Waals surface area contributed by atoms with E-state index in [1.165, 1.54) is 10.7 Å². The molecule has 4 aromatic rings. The van der Waals surface area contributed by atoms with Crippen molar-refractivity contribution in [2.24, 2.45) is 5.92 Å². The molecule has 4 heterocycles. The van der Waals surface area contributed by atoms with Gasteiger partial charge in [-0.25, -0.2) is 19.0 Å². The Bertz CT molecular complexity index is 1380. The van der Waals surface area contributed by atoms with E-state index in [2.05, 4.69) is 31.0 Å². The maximum atomic E-state index is 14.8. The van der Waals surface area contributed by atoms with Gasteiger partial charge in [-0.15, -0.1) is 0 Å². The van der Waals surface area contributed by atoms with E-state index in [0.29, 0.717) is 41.5 Å². The Balaban J connectivity index is 1.35. The van der Waals surface area contributed by atoms with E-state index >= 15 is 0 Å². The number of carbonyl (C=O) groups is 1. The van der Waals surface area contributed by atoms with Crippen LogP contribution < -0.4 is 16.0 Å². The van der Waals surface area contributed by atoms with Crippen LogP contribution in [0.4, 0.5) is 21.7 Å². The quantitative estimate of drug-likeness (QED) is 0.272. The number of halogens is 1. The van der Waals surface area contributed by atoms with E-state index in [1.807, 2.05) is 6.07 Å². The molecule has 0 radical (unpaired) electrons. The third-order valence-corrected chi connectivity index (χ3v) is 5.99. The second-order valence-electron chi connectivity index (χ2n) is 8.35. The summed E-state index contributed by atoms with van der Waals surface area (Å²) < 4.78 is 16.3. The van der Waals surface area contributed by atoms with E-state index in [0.717, 1.165) is 11.9 Å². The number of benzene rings is 1. The molecule has 10 nitrogen and oxygen atoms in total. The number of nitrogens with one attached hydrogen (secondary N) is 3. The molecule has 35 heavy (non-hydrogen) atoms. The molecule has 1 aliphatic heterocycles. The smallest absolute Gasteiger partial charge is 0.309 e. The Labute approximate surface area is 199 Å². The van der Waals surface area contributed by atoms with E-state index < -0.39 is 17.7 Å². The first-order valence-electron chi connectivity index (χ1n) is 11.2. The molecule has 1 saturated heterocycles. The summed E-state index contributed by atoms with van der Waals surface area (Å²) >= 11 is 0. The molecule has 2 atom stereocenters. The van der Waals surface area contributed by atoms with Crippen LogP contribution in [0.3, 0.4) is 0 Å². The number of pyridine rings is 2. The van der Waals surface area contributed by atoms with Gasteiger partial charge in [-0.05, 0) is 43.3 Å². The normalized spacial score (nSPS) is 17.9. The minimum atomic E-state index is -0.847. The number of aliphatic hydroxyl groups excluding tert-OH is 1. The standard InChI is InChI=1S/C24H24FN7O3/c25-18-9-16(32-8-6-15(13-33)31-32)2-3-20(18)29-23-10-21-14(11-27-23)1-4-22(30-21)28-19-5-7-26-12-17(19)24(34)35/h1-4,6,8-11,17,19,26,33H,5,7,12-13H2,(H,27,29)(H,28,30)(H,34,35). The number of aliphatic hydroxyl groups is 1. The monoisotopic (exact) mass is 477 g/mol. The molecule has 1 fully saturated rings. The molecule has 5 rings (SSSR count). The highest BCUT2D eigenvalue weighted by molar-refractivity contribution is 5.82. The maximum absolute atomic E-state index is 14.8. The fourth-order valence-corrected chi connectivity index (χ4v) is 4.12. The fourth-order valence-electron chi connectivity index (χ4n) is 4.12. The Morgan fingerprint density at radius 1 is 1.20 bits per heavy atom. The average Bonchev–Trinajstić information content (AvgIpc) is 3.35.